The first-order valence-corrected chi connectivity index (χ1v) is 7.94. The van der Waals surface area contributed by atoms with E-state index in [1.165, 1.54) is 33.3 Å². The number of ether oxygens (including phenoxy) is 3. The Morgan fingerprint density at radius 3 is 2.15 bits per heavy atom. The van der Waals surface area contributed by atoms with Crippen LogP contribution in [0.3, 0.4) is 0 Å². The third-order valence-electron chi connectivity index (χ3n) is 3.37. The number of nitrogens with zero attached hydrogens (tertiary/aromatic N) is 3. The lowest BCUT2D eigenvalue weighted by molar-refractivity contribution is 0.0812. The van der Waals surface area contributed by atoms with Gasteiger partial charge in [-0.15, -0.1) is 0 Å². The van der Waals surface area contributed by atoms with Gasteiger partial charge in [-0.25, -0.2) is 0 Å². The van der Waals surface area contributed by atoms with Crippen LogP contribution in [-0.2, 0) is 9.68 Å². The zero-order chi connectivity index (χ0) is 20.4. The third kappa shape index (κ3) is 6.24. The molecular formula is C17H26N4O6. The van der Waals surface area contributed by atoms with Crippen molar-refractivity contribution in [1.82, 2.24) is 4.90 Å². The Hall–Kier alpha value is -3.17. The maximum atomic E-state index is 12.7. The summed E-state index contributed by atoms with van der Waals surface area (Å²) in [5.41, 5.74) is 6.47. The average molecular weight is 382 g/mol. The summed E-state index contributed by atoms with van der Waals surface area (Å²) in [7, 11) is 7.50. The minimum absolute atomic E-state index is 0.0181. The average Bonchev–Trinajstić information content (AvgIpc) is 2.66. The van der Waals surface area contributed by atoms with Crippen LogP contribution in [0.15, 0.2) is 22.4 Å². The molecule has 150 valence electrons. The van der Waals surface area contributed by atoms with Crippen molar-refractivity contribution < 1.29 is 28.7 Å². The number of rotatable bonds is 10. The van der Waals surface area contributed by atoms with E-state index >= 15 is 0 Å². The Balaban J connectivity index is 2.85. The van der Waals surface area contributed by atoms with E-state index in [4.69, 9.17) is 24.8 Å². The van der Waals surface area contributed by atoms with Crippen molar-refractivity contribution in [2.45, 2.75) is 6.92 Å². The molecule has 0 spiro atoms. The van der Waals surface area contributed by atoms with Crippen molar-refractivity contribution in [3.63, 3.8) is 0 Å². The molecule has 0 fully saturated rings. The number of carbonyl (C=O) groups is 1. The minimum atomic E-state index is -0.246. The summed E-state index contributed by atoms with van der Waals surface area (Å²) < 4.78 is 15.8. The number of methoxy groups -OCH3 is 3. The van der Waals surface area contributed by atoms with Gasteiger partial charge >= 0.3 is 0 Å². The van der Waals surface area contributed by atoms with Crippen LogP contribution in [-0.4, -0.2) is 71.0 Å². The zero-order valence-electron chi connectivity index (χ0n) is 16.4. The standard InChI is InChI=1S/C17H26N4O6/c1-11(19-27-10-15(18)20-26-6)9-21(2)17(22)12-7-13(23-3)16(25-5)14(8-12)24-4/h7-8H,9-10H2,1-6H3,(H2,18,20). The van der Waals surface area contributed by atoms with Gasteiger partial charge < -0.3 is 34.5 Å². The molecule has 0 saturated carbocycles. The Bertz CT molecular complexity index is 680. The lowest BCUT2D eigenvalue weighted by atomic mass is 10.1. The Morgan fingerprint density at radius 2 is 1.67 bits per heavy atom. The van der Waals surface area contributed by atoms with E-state index in [0.29, 0.717) is 28.5 Å². The first-order chi connectivity index (χ1) is 12.9. The Labute approximate surface area is 158 Å². The van der Waals surface area contributed by atoms with Crippen LogP contribution >= 0.6 is 0 Å². The summed E-state index contributed by atoms with van der Waals surface area (Å²) >= 11 is 0. The molecule has 10 nitrogen and oxygen atoms in total. The topological polar surface area (TPSA) is 117 Å². The van der Waals surface area contributed by atoms with Gasteiger partial charge in [0, 0.05) is 12.6 Å². The molecule has 0 aliphatic rings. The molecule has 1 aromatic carbocycles. The Morgan fingerprint density at radius 1 is 1.07 bits per heavy atom. The highest BCUT2D eigenvalue weighted by atomic mass is 16.6. The van der Waals surface area contributed by atoms with Crippen LogP contribution < -0.4 is 19.9 Å². The Kier molecular flexibility index (Phi) is 8.70. The number of amides is 1. The lowest BCUT2D eigenvalue weighted by Gasteiger charge is -2.19. The van der Waals surface area contributed by atoms with Crippen molar-refractivity contribution in [3.8, 4) is 17.2 Å². The molecule has 0 heterocycles. The van der Waals surface area contributed by atoms with E-state index in [0.717, 1.165) is 0 Å². The number of benzene rings is 1. The van der Waals surface area contributed by atoms with Gasteiger partial charge in [0.25, 0.3) is 5.91 Å². The highest BCUT2D eigenvalue weighted by Gasteiger charge is 2.19. The quantitative estimate of drug-likeness (QED) is 0.366. The molecule has 0 aromatic heterocycles. The van der Waals surface area contributed by atoms with Crippen LogP contribution in [0, 0.1) is 0 Å². The molecule has 1 aromatic rings. The summed E-state index contributed by atoms with van der Waals surface area (Å²) in [6.07, 6.45) is 0. The van der Waals surface area contributed by atoms with Gasteiger partial charge in [-0.1, -0.05) is 10.3 Å². The summed E-state index contributed by atoms with van der Waals surface area (Å²) in [4.78, 5) is 23.8. The fraction of sp³-hybridized carbons (Fsp3) is 0.471. The second-order valence-electron chi connectivity index (χ2n) is 5.44. The summed E-state index contributed by atoms with van der Waals surface area (Å²) in [6, 6.07) is 3.18. The fourth-order valence-corrected chi connectivity index (χ4v) is 2.22. The largest absolute Gasteiger partial charge is 0.493 e. The highest BCUT2D eigenvalue weighted by Crippen LogP contribution is 2.38. The monoisotopic (exact) mass is 382 g/mol. The van der Waals surface area contributed by atoms with Crippen LogP contribution in [0.25, 0.3) is 0 Å². The number of hydrogen-bond acceptors (Lipinski definition) is 8. The minimum Gasteiger partial charge on any atom is -0.493 e. The SMILES string of the molecule is CON=C(N)CON=C(C)CN(C)C(=O)c1cc(OC)c(OC)c(OC)c1. The van der Waals surface area contributed by atoms with Crippen molar-refractivity contribution >= 4 is 17.5 Å². The normalized spacial score (nSPS) is 11.6. The van der Waals surface area contributed by atoms with Crippen LogP contribution in [0.5, 0.6) is 17.2 Å². The summed E-state index contributed by atoms with van der Waals surface area (Å²) in [5.74, 6) is 1.12. The second-order valence-corrected chi connectivity index (χ2v) is 5.44. The van der Waals surface area contributed by atoms with E-state index in [-0.39, 0.29) is 24.9 Å². The van der Waals surface area contributed by atoms with Crippen molar-refractivity contribution in [3.05, 3.63) is 17.7 Å². The number of carbonyl (C=O) groups excluding carboxylic acids is 1. The van der Waals surface area contributed by atoms with E-state index in [1.54, 1.807) is 26.1 Å². The van der Waals surface area contributed by atoms with E-state index < -0.39 is 0 Å². The van der Waals surface area contributed by atoms with Gasteiger partial charge in [0.05, 0.1) is 33.6 Å². The van der Waals surface area contributed by atoms with Gasteiger partial charge in [-0.05, 0) is 19.1 Å². The van der Waals surface area contributed by atoms with Gasteiger partial charge in [-0.2, -0.15) is 0 Å². The summed E-state index contributed by atoms with van der Waals surface area (Å²) in [5, 5.41) is 7.39. The molecule has 0 unspecified atom stereocenters. The number of hydrogen-bond donors (Lipinski definition) is 1. The van der Waals surface area contributed by atoms with E-state index in [9.17, 15) is 4.79 Å². The van der Waals surface area contributed by atoms with E-state index in [1.807, 2.05) is 0 Å². The molecule has 0 saturated heterocycles. The highest BCUT2D eigenvalue weighted by molar-refractivity contribution is 5.98. The van der Waals surface area contributed by atoms with Gasteiger partial charge in [0.2, 0.25) is 5.75 Å². The second kappa shape index (κ2) is 10.7. The van der Waals surface area contributed by atoms with Crippen molar-refractivity contribution in [2.24, 2.45) is 16.0 Å². The van der Waals surface area contributed by atoms with Crippen LogP contribution in [0.2, 0.25) is 0 Å². The third-order valence-corrected chi connectivity index (χ3v) is 3.37. The molecule has 1 rings (SSSR count). The number of nitrogens with two attached hydrogens (primary N) is 1. The zero-order valence-corrected chi connectivity index (χ0v) is 16.4. The fourth-order valence-electron chi connectivity index (χ4n) is 2.22. The molecule has 0 radical (unpaired) electrons. The van der Waals surface area contributed by atoms with Crippen molar-refractivity contribution in [2.75, 3.05) is 48.6 Å². The first kappa shape index (κ1) is 21.9. The van der Waals surface area contributed by atoms with Crippen molar-refractivity contribution in [1.29, 1.82) is 0 Å². The molecule has 0 aliphatic carbocycles. The molecule has 27 heavy (non-hydrogen) atoms. The first-order valence-electron chi connectivity index (χ1n) is 7.94. The molecule has 1 amide bonds. The summed E-state index contributed by atoms with van der Waals surface area (Å²) in [6.45, 7) is 1.95. The molecule has 2 N–H and O–H groups in total. The number of amidine groups is 1. The molecule has 0 atom stereocenters. The predicted octanol–water partition coefficient (Wildman–Crippen LogP) is 1.10. The van der Waals surface area contributed by atoms with E-state index in [2.05, 4.69) is 15.1 Å². The van der Waals surface area contributed by atoms with Gasteiger partial charge in [-0.3, -0.25) is 4.79 Å². The van der Waals surface area contributed by atoms with Crippen LogP contribution in [0.1, 0.15) is 17.3 Å². The smallest absolute Gasteiger partial charge is 0.254 e. The van der Waals surface area contributed by atoms with Gasteiger partial charge in [0.15, 0.2) is 23.9 Å². The van der Waals surface area contributed by atoms with Crippen LogP contribution in [0.4, 0.5) is 0 Å². The molecular weight excluding hydrogens is 356 g/mol. The maximum Gasteiger partial charge on any atom is 0.254 e. The molecule has 10 heteroatoms. The molecule has 0 bridgehead atoms. The van der Waals surface area contributed by atoms with Gasteiger partial charge in [0.1, 0.15) is 7.11 Å². The maximum absolute atomic E-state index is 12.7. The lowest BCUT2D eigenvalue weighted by Crippen LogP contribution is -2.31. The molecule has 0 aliphatic heterocycles. The predicted molar refractivity (Wildman–Crippen MR) is 101 cm³/mol. The number of oxime groups is 2.